The average molecular weight is 497 g/mol. The fourth-order valence-corrected chi connectivity index (χ4v) is 5.19. The van der Waals surface area contributed by atoms with E-state index in [-0.39, 0.29) is 0 Å². The van der Waals surface area contributed by atoms with Crippen LogP contribution in [-0.4, -0.2) is 35.8 Å². The molecule has 0 saturated heterocycles. The zero-order valence-corrected chi connectivity index (χ0v) is 25.0. The molecule has 0 unspecified atom stereocenters. The molecule has 204 valence electrons. The predicted octanol–water partition coefficient (Wildman–Crippen LogP) is 11.1. The van der Waals surface area contributed by atoms with Gasteiger partial charge in [0.05, 0.1) is 26.2 Å². The number of rotatable bonds is 26. The Balaban J connectivity index is 0. The van der Waals surface area contributed by atoms with E-state index < -0.39 is 0 Å². The van der Waals surface area contributed by atoms with Gasteiger partial charge in [-0.1, -0.05) is 142 Å². The number of hydrogen-bond acceptors (Lipinski definition) is 1. The standard InChI is InChI=1S/C30H64N.CNS/c1-5-9-11-13-15-17-19-21-23-25-27-29-31(7-3,8-4)30-28-26-24-22-20-18-16-14-12-10-6-2;2-1-3/h5-30H2,1-4H3;/q+1;-1. The van der Waals surface area contributed by atoms with Gasteiger partial charge in [0.15, 0.2) is 0 Å². The molecule has 2 nitrogen and oxygen atoms in total. The first kappa shape index (κ1) is 35.9. The van der Waals surface area contributed by atoms with Crippen LogP contribution in [0.1, 0.15) is 169 Å². The zero-order valence-electron chi connectivity index (χ0n) is 24.2. The van der Waals surface area contributed by atoms with E-state index in [2.05, 4.69) is 39.9 Å². The van der Waals surface area contributed by atoms with Crippen LogP contribution in [0, 0.1) is 0 Å². The van der Waals surface area contributed by atoms with Crippen LogP contribution < -0.4 is 0 Å². The largest absolute Gasteiger partial charge is 0.753 e. The maximum atomic E-state index is 7.13. The molecule has 0 spiro atoms. The molecule has 0 saturated carbocycles. The third kappa shape index (κ3) is 26.4. The predicted molar refractivity (Wildman–Crippen MR) is 160 cm³/mol. The Kier molecular flexibility index (Phi) is 32.5. The van der Waals surface area contributed by atoms with Crippen LogP contribution in [0.5, 0.6) is 0 Å². The van der Waals surface area contributed by atoms with E-state index >= 15 is 0 Å². The summed E-state index contributed by atoms with van der Waals surface area (Å²) in [5.74, 6) is 0. The van der Waals surface area contributed by atoms with Crippen molar-refractivity contribution in [1.82, 2.24) is 0 Å². The number of unbranched alkanes of at least 4 members (excludes halogenated alkanes) is 20. The molecule has 0 rings (SSSR count). The van der Waals surface area contributed by atoms with Gasteiger partial charge < -0.3 is 9.89 Å². The SMILES string of the molecule is CCCCCCCCCCCCC[N+](CC)(CC)CCCCCCCCCCCCC.[N-]=C=S. The molecule has 0 aromatic rings. The molecule has 3 heteroatoms. The van der Waals surface area contributed by atoms with Crippen molar-refractivity contribution in [2.24, 2.45) is 0 Å². The Hall–Kier alpha value is -0.240. The third-order valence-corrected chi connectivity index (χ3v) is 7.81. The van der Waals surface area contributed by atoms with Crippen LogP contribution >= 0.6 is 12.2 Å². The maximum absolute atomic E-state index is 7.13. The number of isothiocyanates is 1. The van der Waals surface area contributed by atoms with Gasteiger partial charge in [0, 0.05) is 0 Å². The molecule has 0 bridgehead atoms. The van der Waals surface area contributed by atoms with E-state index in [1.807, 2.05) is 0 Å². The van der Waals surface area contributed by atoms with Crippen molar-refractivity contribution in [3.05, 3.63) is 5.41 Å². The Morgan fingerprint density at radius 2 is 0.647 bits per heavy atom. The van der Waals surface area contributed by atoms with Crippen molar-refractivity contribution in [3.63, 3.8) is 0 Å². The van der Waals surface area contributed by atoms with Gasteiger partial charge in [0.2, 0.25) is 0 Å². The Morgan fingerprint density at radius 1 is 0.441 bits per heavy atom. The summed E-state index contributed by atoms with van der Waals surface area (Å²) in [5, 5.41) is 8.47. The van der Waals surface area contributed by atoms with Crippen LogP contribution in [0.2, 0.25) is 0 Å². The molecule has 0 fully saturated rings. The highest BCUT2D eigenvalue weighted by atomic mass is 32.1. The first-order valence-corrected chi connectivity index (χ1v) is 15.9. The summed E-state index contributed by atoms with van der Waals surface area (Å²) in [4.78, 5) is 0. The van der Waals surface area contributed by atoms with Crippen molar-refractivity contribution < 1.29 is 4.48 Å². The summed E-state index contributed by atoms with van der Waals surface area (Å²) < 4.78 is 1.38. The minimum absolute atomic E-state index is 1.33. The number of hydrogen-bond donors (Lipinski definition) is 0. The smallest absolute Gasteiger partial charge is 0.0786 e. The van der Waals surface area contributed by atoms with Crippen LogP contribution in [-0.2, 0) is 0 Å². The molecule has 0 aromatic carbocycles. The minimum atomic E-state index is 1.33. The molecule has 0 amide bonds. The highest BCUT2D eigenvalue weighted by Gasteiger charge is 2.21. The number of quaternary nitrogens is 1. The third-order valence-electron chi connectivity index (χ3n) is 7.81. The lowest BCUT2D eigenvalue weighted by atomic mass is 10.0. The molecule has 0 N–H and O–H groups in total. The summed E-state index contributed by atoms with van der Waals surface area (Å²) in [6, 6.07) is 0. The second-order valence-corrected chi connectivity index (χ2v) is 10.8. The quantitative estimate of drug-likeness (QED) is 0.0505. The normalized spacial score (nSPS) is 11.2. The summed E-state index contributed by atoms with van der Waals surface area (Å²) in [6.45, 7) is 15.0. The second kappa shape index (κ2) is 30.8. The van der Waals surface area contributed by atoms with E-state index in [4.69, 9.17) is 5.41 Å². The molecule has 0 heterocycles. The molecular formula is C31H64N2S. The molecule has 0 aromatic heterocycles. The molecule has 34 heavy (non-hydrogen) atoms. The summed E-state index contributed by atoms with van der Waals surface area (Å²) in [6.07, 6.45) is 32.1. The van der Waals surface area contributed by atoms with Crippen LogP contribution in [0.25, 0.3) is 5.41 Å². The van der Waals surface area contributed by atoms with E-state index in [0.29, 0.717) is 0 Å². The van der Waals surface area contributed by atoms with Gasteiger partial charge in [-0.2, -0.15) is 5.16 Å². The van der Waals surface area contributed by atoms with E-state index in [1.54, 1.807) is 0 Å². The molecular weight excluding hydrogens is 432 g/mol. The van der Waals surface area contributed by atoms with Crippen LogP contribution in [0.3, 0.4) is 0 Å². The molecule has 0 aliphatic rings. The summed E-state index contributed by atoms with van der Waals surface area (Å²) >= 11 is 3.70. The van der Waals surface area contributed by atoms with Crippen molar-refractivity contribution in [2.45, 2.75) is 169 Å². The first-order valence-electron chi connectivity index (χ1n) is 15.5. The fourth-order valence-electron chi connectivity index (χ4n) is 5.19. The van der Waals surface area contributed by atoms with Gasteiger partial charge in [0.25, 0.3) is 0 Å². The minimum Gasteiger partial charge on any atom is -0.753 e. The highest BCUT2D eigenvalue weighted by Crippen LogP contribution is 2.17. The molecule has 0 radical (unpaired) electrons. The molecule has 0 aliphatic heterocycles. The lowest BCUT2D eigenvalue weighted by molar-refractivity contribution is -0.925. The lowest BCUT2D eigenvalue weighted by Crippen LogP contribution is -2.49. The average Bonchev–Trinajstić information content (AvgIpc) is 2.85. The van der Waals surface area contributed by atoms with Gasteiger partial charge in [0.1, 0.15) is 0 Å². The molecule has 0 aliphatic carbocycles. The maximum Gasteiger partial charge on any atom is 0.0786 e. The van der Waals surface area contributed by atoms with E-state index in [0.717, 1.165) is 0 Å². The Morgan fingerprint density at radius 3 is 0.853 bits per heavy atom. The van der Waals surface area contributed by atoms with Crippen molar-refractivity contribution in [3.8, 4) is 0 Å². The van der Waals surface area contributed by atoms with Gasteiger partial charge >= 0.3 is 0 Å². The number of thiocarbonyl (C=S) groups is 1. The summed E-state index contributed by atoms with van der Waals surface area (Å²) in [5.41, 5.74) is 0. The highest BCUT2D eigenvalue weighted by molar-refractivity contribution is 7.78. The van der Waals surface area contributed by atoms with Crippen molar-refractivity contribution >= 4 is 17.4 Å². The van der Waals surface area contributed by atoms with E-state index in [1.165, 1.54) is 177 Å². The lowest BCUT2D eigenvalue weighted by Gasteiger charge is -2.37. The van der Waals surface area contributed by atoms with Gasteiger partial charge in [-0.25, -0.2) is 0 Å². The Labute approximate surface area is 222 Å². The number of nitrogens with zero attached hydrogens (tertiary/aromatic N) is 2. The van der Waals surface area contributed by atoms with Gasteiger partial charge in [-0.3, -0.25) is 0 Å². The first-order chi connectivity index (χ1) is 16.7. The monoisotopic (exact) mass is 496 g/mol. The van der Waals surface area contributed by atoms with E-state index in [9.17, 15) is 0 Å². The van der Waals surface area contributed by atoms with Crippen LogP contribution in [0.15, 0.2) is 0 Å². The second-order valence-electron chi connectivity index (χ2n) is 10.6. The van der Waals surface area contributed by atoms with Crippen LogP contribution in [0.4, 0.5) is 0 Å². The van der Waals surface area contributed by atoms with Crippen molar-refractivity contribution in [2.75, 3.05) is 26.2 Å². The fraction of sp³-hybridized carbons (Fsp3) is 0.968. The van der Waals surface area contributed by atoms with Crippen molar-refractivity contribution in [1.29, 1.82) is 0 Å². The van der Waals surface area contributed by atoms with Gasteiger partial charge in [-0.05, 0) is 39.5 Å². The Bertz CT molecular complexity index is 372. The topological polar surface area (TPSA) is 22.3 Å². The zero-order chi connectivity index (χ0) is 25.6. The van der Waals surface area contributed by atoms with Gasteiger partial charge in [-0.15, -0.1) is 0 Å². The molecule has 0 atom stereocenters. The summed E-state index contributed by atoms with van der Waals surface area (Å²) in [7, 11) is 0.